The monoisotopic (exact) mass is 487 g/mol. The summed E-state index contributed by atoms with van der Waals surface area (Å²) in [5, 5.41) is 12.6. The van der Waals surface area contributed by atoms with Gasteiger partial charge in [-0.15, -0.1) is 5.10 Å². The van der Waals surface area contributed by atoms with E-state index in [0.29, 0.717) is 23.2 Å². The first-order valence-electron chi connectivity index (χ1n) is 11.3. The maximum atomic E-state index is 13.6. The van der Waals surface area contributed by atoms with E-state index in [1.807, 2.05) is 65.6 Å². The Morgan fingerprint density at radius 2 is 1.69 bits per heavy atom. The number of tetrazole rings is 1. The lowest BCUT2D eigenvalue weighted by molar-refractivity contribution is -0.130. The quantitative estimate of drug-likeness (QED) is 0.365. The highest BCUT2D eigenvalue weighted by molar-refractivity contribution is 7.99. The number of hydrogen-bond donors (Lipinski definition) is 0. The Labute approximate surface area is 207 Å². The number of thioether (sulfide) groups is 1. The van der Waals surface area contributed by atoms with Gasteiger partial charge in [-0.2, -0.15) is 4.68 Å². The molecule has 1 aliphatic heterocycles. The molecule has 1 aromatic heterocycles. The number of aromatic nitrogens is 4. The molecule has 35 heavy (non-hydrogen) atoms. The van der Waals surface area contributed by atoms with E-state index < -0.39 is 0 Å². The molecule has 178 valence electrons. The fourth-order valence-corrected chi connectivity index (χ4v) is 5.20. The molecule has 0 spiro atoms. The molecule has 9 heteroatoms. The first kappa shape index (κ1) is 22.9. The minimum atomic E-state index is -0.224. The lowest BCUT2D eigenvalue weighted by Gasteiger charge is -2.38. The summed E-state index contributed by atoms with van der Waals surface area (Å²) in [6.07, 6.45) is 0.733. The fourth-order valence-electron chi connectivity index (χ4n) is 4.42. The second-order valence-electron chi connectivity index (χ2n) is 8.05. The Morgan fingerprint density at radius 3 is 2.40 bits per heavy atom. The van der Waals surface area contributed by atoms with Gasteiger partial charge in [0, 0.05) is 6.54 Å². The number of para-hydroxylation sites is 1. The average Bonchev–Trinajstić information content (AvgIpc) is 3.40. The van der Waals surface area contributed by atoms with Gasteiger partial charge in [0.2, 0.25) is 11.1 Å². The summed E-state index contributed by atoms with van der Waals surface area (Å²) in [4.78, 5) is 15.5. The number of methoxy groups -OCH3 is 2. The molecule has 1 aliphatic rings. The predicted molar refractivity (Wildman–Crippen MR) is 133 cm³/mol. The Hall–Kier alpha value is -3.85. The number of ether oxygens (including phenoxy) is 2. The van der Waals surface area contributed by atoms with Crippen LogP contribution in [0.2, 0.25) is 0 Å². The number of carbonyl (C=O) groups excluding carboxylic acids is 1. The molecule has 5 rings (SSSR count). The standard InChI is InChI=1S/C26H25N5O3S/c1-33-22-15-19-13-14-30(25(18-9-5-3-6-10-18)21(19)16-23(22)34-2)24(32)17-35-26-27-28-29-31(26)20-11-7-4-8-12-20/h3-12,15-16,25H,13-14,17H2,1-2H3/t25-/m1/s1. The number of nitrogens with zero attached hydrogens (tertiary/aromatic N) is 5. The van der Waals surface area contributed by atoms with E-state index in [0.717, 1.165) is 28.8 Å². The van der Waals surface area contributed by atoms with Crippen molar-refractivity contribution in [1.82, 2.24) is 25.1 Å². The van der Waals surface area contributed by atoms with Gasteiger partial charge in [0.05, 0.1) is 31.7 Å². The zero-order chi connectivity index (χ0) is 24.2. The molecule has 0 radical (unpaired) electrons. The predicted octanol–water partition coefficient (Wildman–Crippen LogP) is 3.95. The van der Waals surface area contributed by atoms with E-state index in [9.17, 15) is 4.79 Å². The molecule has 3 aromatic carbocycles. The Balaban J connectivity index is 1.43. The molecule has 8 nitrogen and oxygen atoms in total. The van der Waals surface area contributed by atoms with Crippen molar-refractivity contribution in [1.29, 1.82) is 0 Å². The molecule has 1 atom stereocenters. The third kappa shape index (κ3) is 4.59. The molecule has 0 saturated carbocycles. The van der Waals surface area contributed by atoms with Crippen LogP contribution in [-0.4, -0.2) is 57.5 Å². The van der Waals surface area contributed by atoms with Crippen LogP contribution in [0.25, 0.3) is 5.69 Å². The highest BCUT2D eigenvalue weighted by Gasteiger charge is 2.33. The normalized spacial score (nSPS) is 14.9. The van der Waals surface area contributed by atoms with E-state index >= 15 is 0 Å². The average molecular weight is 488 g/mol. The second kappa shape index (κ2) is 10.2. The van der Waals surface area contributed by atoms with Crippen LogP contribution in [0.4, 0.5) is 0 Å². The second-order valence-corrected chi connectivity index (χ2v) is 9.00. The van der Waals surface area contributed by atoms with E-state index in [4.69, 9.17) is 9.47 Å². The Kier molecular flexibility index (Phi) is 6.67. The molecule has 0 N–H and O–H groups in total. The van der Waals surface area contributed by atoms with Gasteiger partial charge in [-0.1, -0.05) is 60.3 Å². The number of fused-ring (bicyclic) bond motifs is 1. The van der Waals surface area contributed by atoms with Gasteiger partial charge in [-0.3, -0.25) is 4.79 Å². The van der Waals surface area contributed by atoms with Crippen LogP contribution in [0.15, 0.2) is 78.0 Å². The fraction of sp³-hybridized carbons (Fsp3) is 0.231. The molecular weight excluding hydrogens is 462 g/mol. The van der Waals surface area contributed by atoms with Crippen LogP contribution < -0.4 is 9.47 Å². The highest BCUT2D eigenvalue weighted by atomic mass is 32.2. The van der Waals surface area contributed by atoms with Gasteiger partial charge in [0.15, 0.2) is 11.5 Å². The largest absolute Gasteiger partial charge is 0.493 e. The van der Waals surface area contributed by atoms with Gasteiger partial charge in [-0.25, -0.2) is 0 Å². The van der Waals surface area contributed by atoms with Gasteiger partial charge >= 0.3 is 0 Å². The molecule has 0 aliphatic carbocycles. The van der Waals surface area contributed by atoms with Crippen LogP contribution in [0.3, 0.4) is 0 Å². The maximum Gasteiger partial charge on any atom is 0.233 e. The highest BCUT2D eigenvalue weighted by Crippen LogP contribution is 2.41. The first-order chi connectivity index (χ1) is 17.2. The van der Waals surface area contributed by atoms with Crippen molar-refractivity contribution in [2.24, 2.45) is 0 Å². The number of amides is 1. The van der Waals surface area contributed by atoms with Crippen LogP contribution >= 0.6 is 11.8 Å². The van der Waals surface area contributed by atoms with E-state index in [1.165, 1.54) is 11.8 Å². The maximum absolute atomic E-state index is 13.6. The van der Waals surface area contributed by atoms with Crippen molar-refractivity contribution in [2.75, 3.05) is 26.5 Å². The van der Waals surface area contributed by atoms with E-state index in [1.54, 1.807) is 18.9 Å². The third-order valence-corrected chi connectivity index (χ3v) is 6.98. The molecule has 0 saturated heterocycles. The number of carbonyl (C=O) groups is 1. The molecule has 0 unspecified atom stereocenters. The van der Waals surface area contributed by atoms with Crippen molar-refractivity contribution in [3.8, 4) is 17.2 Å². The summed E-state index contributed by atoms with van der Waals surface area (Å²) in [6, 6.07) is 23.5. The molecule has 0 fully saturated rings. The van der Waals surface area contributed by atoms with Crippen LogP contribution in [0.1, 0.15) is 22.7 Å². The number of benzene rings is 3. The molecule has 4 aromatic rings. The zero-order valence-corrected chi connectivity index (χ0v) is 20.3. The van der Waals surface area contributed by atoms with Gasteiger partial charge < -0.3 is 14.4 Å². The van der Waals surface area contributed by atoms with Gasteiger partial charge in [-0.05, 0) is 57.8 Å². The smallest absolute Gasteiger partial charge is 0.233 e. The summed E-state index contributed by atoms with van der Waals surface area (Å²) < 4.78 is 12.7. The van der Waals surface area contributed by atoms with Crippen molar-refractivity contribution in [3.63, 3.8) is 0 Å². The summed E-state index contributed by atoms with van der Waals surface area (Å²) >= 11 is 1.33. The van der Waals surface area contributed by atoms with Crippen LogP contribution in [0.5, 0.6) is 11.5 Å². The Bertz CT molecular complexity index is 1310. The van der Waals surface area contributed by atoms with Crippen molar-refractivity contribution >= 4 is 17.7 Å². The first-order valence-corrected chi connectivity index (χ1v) is 12.2. The minimum absolute atomic E-state index is 0.0203. The summed E-state index contributed by atoms with van der Waals surface area (Å²) in [7, 11) is 3.26. The van der Waals surface area contributed by atoms with Crippen LogP contribution in [-0.2, 0) is 11.2 Å². The number of rotatable bonds is 7. The lowest BCUT2D eigenvalue weighted by Crippen LogP contribution is -2.41. The third-order valence-electron chi connectivity index (χ3n) is 6.08. The van der Waals surface area contributed by atoms with E-state index in [-0.39, 0.29) is 17.7 Å². The lowest BCUT2D eigenvalue weighted by atomic mass is 9.87. The zero-order valence-electron chi connectivity index (χ0n) is 19.5. The molecule has 2 heterocycles. The summed E-state index contributed by atoms with van der Waals surface area (Å²) in [5.74, 6) is 1.59. The SMILES string of the molecule is COc1cc2c(cc1OC)[C@@H](c1ccccc1)N(C(=O)CSc1nnnn1-c1ccccc1)CC2. The topological polar surface area (TPSA) is 82.4 Å². The van der Waals surface area contributed by atoms with Gasteiger partial charge in [0.1, 0.15) is 0 Å². The van der Waals surface area contributed by atoms with Crippen molar-refractivity contribution in [2.45, 2.75) is 17.6 Å². The molecule has 0 bridgehead atoms. The van der Waals surface area contributed by atoms with Crippen molar-refractivity contribution < 1.29 is 14.3 Å². The molecular formula is C26H25N5O3S. The summed E-state index contributed by atoms with van der Waals surface area (Å²) in [6.45, 7) is 0.602. The summed E-state index contributed by atoms with van der Waals surface area (Å²) in [5.41, 5.74) is 4.10. The minimum Gasteiger partial charge on any atom is -0.493 e. The van der Waals surface area contributed by atoms with Crippen molar-refractivity contribution in [3.05, 3.63) is 89.5 Å². The van der Waals surface area contributed by atoms with Crippen LogP contribution in [0, 0.1) is 0 Å². The molecule has 1 amide bonds. The van der Waals surface area contributed by atoms with Gasteiger partial charge in [0.25, 0.3) is 0 Å². The van der Waals surface area contributed by atoms with E-state index in [2.05, 4.69) is 27.7 Å². The Morgan fingerprint density at radius 1 is 1.00 bits per heavy atom. The number of hydrogen-bond acceptors (Lipinski definition) is 7.